The lowest BCUT2D eigenvalue weighted by molar-refractivity contribution is -0.140. The zero-order valence-corrected chi connectivity index (χ0v) is 11.8. The van der Waals surface area contributed by atoms with Crippen molar-refractivity contribution in [2.75, 3.05) is 33.1 Å². The Morgan fingerprint density at radius 3 is 3.05 bits per heavy atom. The summed E-state index contributed by atoms with van der Waals surface area (Å²) in [6, 6.07) is 5.75. The molecule has 2 heterocycles. The Morgan fingerprint density at radius 2 is 2.19 bits per heavy atom. The molecule has 1 atom stereocenters. The van der Waals surface area contributed by atoms with Crippen molar-refractivity contribution in [2.24, 2.45) is 0 Å². The molecule has 0 aliphatic carbocycles. The molecule has 2 aliphatic rings. The average molecular weight is 293 g/mol. The van der Waals surface area contributed by atoms with E-state index in [-0.39, 0.29) is 25.4 Å². The van der Waals surface area contributed by atoms with E-state index in [4.69, 9.17) is 19.3 Å². The molecule has 1 amide bonds. The fraction of sp³-hybridized carbons (Fsp3) is 0.533. The van der Waals surface area contributed by atoms with Crippen molar-refractivity contribution in [3.05, 3.63) is 23.8 Å². The first-order valence-electron chi connectivity index (χ1n) is 7.15. The summed E-state index contributed by atoms with van der Waals surface area (Å²) >= 11 is 0. The second-order valence-electron chi connectivity index (χ2n) is 5.20. The second-order valence-corrected chi connectivity index (χ2v) is 5.20. The molecular formula is C15H19NO5. The summed E-state index contributed by atoms with van der Waals surface area (Å²) in [6.45, 7) is 1.76. The van der Waals surface area contributed by atoms with Crippen molar-refractivity contribution in [1.29, 1.82) is 0 Å². The summed E-state index contributed by atoms with van der Waals surface area (Å²) in [4.78, 5) is 14.0. The van der Waals surface area contributed by atoms with Crippen molar-refractivity contribution in [3.63, 3.8) is 0 Å². The van der Waals surface area contributed by atoms with Gasteiger partial charge in [-0.2, -0.15) is 0 Å². The molecule has 1 aromatic rings. The van der Waals surface area contributed by atoms with E-state index in [2.05, 4.69) is 0 Å². The number of nitrogens with zero attached hydrogens (tertiary/aromatic N) is 1. The van der Waals surface area contributed by atoms with Gasteiger partial charge >= 0.3 is 0 Å². The van der Waals surface area contributed by atoms with E-state index in [0.29, 0.717) is 32.5 Å². The van der Waals surface area contributed by atoms with E-state index in [0.717, 1.165) is 17.1 Å². The minimum Gasteiger partial charge on any atom is -0.454 e. The highest BCUT2D eigenvalue weighted by molar-refractivity contribution is 5.76. The van der Waals surface area contributed by atoms with Gasteiger partial charge < -0.3 is 24.2 Å². The molecular weight excluding hydrogens is 274 g/mol. The maximum absolute atomic E-state index is 12.2. The molecule has 0 radical (unpaired) electrons. The van der Waals surface area contributed by atoms with Crippen LogP contribution in [0, 0.1) is 0 Å². The third kappa shape index (κ3) is 3.28. The van der Waals surface area contributed by atoms with Gasteiger partial charge in [0, 0.05) is 19.5 Å². The van der Waals surface area contributed by atoms with Gasteiger partial charge in [-0.25, -0.2) is 0 Å². The first-order valence-corrected chi connectivity index (χ1v) is 7.15. The number of rotatable bonds is 4. The van der Waals surface area contributed by atoms with Crippen LogP contribution in [0.25, 0.3) is 0 Å². The predicted octanol–water partition coefficient (Wildman–Crippen LogP) is 0.568. The molecule has 0 aromatic heterocycles. The number of morpholine rings is 1. The lowest BCUT2D eigenvalue weighted by Gasteiger charge is -2.32. The third-order valence-electron chi connectivity index (χ3n) is 3.76. The highest BCUT2D eigenvalue weighted by Crippen LogP contribution is 2.32. The number of amides is 1. The van der Waals surface area contributed by atoms with Crippen LogP contribution in [-0.4, -0.2) is 55.1 Å². The number of aliphatic hydroxyl groups excluding tert-OH is 1. The number of carbonyl (C=O) groups is 1. The summed E-state index contributed by atoms with van der Waals surface area (Å²) in [5, 5.41) is 9.10. The monoisotopic (exact) mass is 293 g/mol. The van der Waals surface area contributed by atoms with E-state index in [1.165, 1.54) is 0 Å². The van der Waals surface area contributed by atoms with Gasteiger partial charge in [-0.15, -0.1) is 0 Å². The van der Waals surface area contributed by atoms with Crippen molar-refractivity contribution < 1.29 is 24.1 Å². The quantitative estimate of drug-likeness (QED) is 0.879. The zero-order chi connectivity index (χ0) is 14.7. The minimum atomic E-state index is -0.256. The Bertz CT molecular complexity index is 519. The van der Waals surface area contributed by atoms with E-state index < -0.39 is 0 Å². The number of ether oxygens (including phenoxy) is 3. The van der Waals surface area contributed by atoms with Gasteiger partial charge in [0.1, 0.15) is 0 Å². The molecule has 0 saturated carbocycles. The number of fused-ring (bicyclic) bond motifs is 1. The number of aryl methyl sites for hydroxylation is 1. The fourth-order valence-corrected chi connectivity index (χ4v) is 2.56. The van der Waals surface area contributed by atoms with E-state index in [9.17, 15) is 4.79 Å². The van der Waals surface area contributed by atoms with Crippen molar-refractivity contribution in [3.8, 4) is 11.5 Å². The Balaban J connectivity index is 1.53. The standard InChI is InChI=1S/C15H19NO5/c17-9-12-8-16(5-6-19-12)15(18)4-2-11-1-3-13-14(7-11)21-10-20-13/h1,3,7,12,17H,2,4-6,8-10H2. The van der Waals surface area contributed by atoms with Crippen LogP contribution >= 0.6 is 0 Å². The maximum Gasteiger partial charge on any atom is 0.231 e. The molecule has 114 valence electrons. The van der Waals surface area contributed by atoms with Crippen molar-refractivity contribution in [2.45, 2.75) is 18.9 Å². The fourth-order valence-electron chi connectivity index (χ4n) is 2.56. The molecule has 6 nitrogen and oxygen atoms in total. The van der Waals surface area contributed by atoms with Crippen LogP contribution < -0.4 is 9.47 Å². The Hall–Kier alpha value is -1.79. The molecule has 1 fully saturated rings. The van der Waals surface area contributed by atoms with Crippen LogP contribution in [0.4, 0.5) is 0 Å². The molecule has 1 N–H and O–H groups in total. The predicted molar refractivity (Wildman–Crippen MR) is 74.3 cm³/mol. The molecule has 0 bridgehead atoms. The summed E-state index contributed by atoms with van der Waals surface area (Å²) < 4.78 is 15.9. The minimum absolute atomic E-state index is 0.0497. The van der Waals surface area contributed by atoms with E-state index >= 15 is 0 Å². The maximum atomic E-state index is 12.2. The average Bonchev–Trinajstić information content (AvgIpc) is 3.00. The van der Waals surface area contributed by atoms with Crippen LogP contribution in [0.1, 0.15) is 12.0 Å². The Labute approximate surface area is 123 Å². The summed E-state index contributed by atoms with van der Waals surface area (Å²) in [7, 11) is 0. The largest absolute Gasteiger partial charge is 0.454 e. The molecule has 1 aromatic carbocycles. The van der Waals surface area contributed by atoms with Gasteiger partial charge in [-0.3, -0.25) is 4.79 Å². The lowest BCUT2D eigenvalue weighted by Crippen LogP contribution is -2.46. The topological polar surface area (TPSA) is 68.2 Å². The summed E-state index contributed by atoms with van der Waals surface area (Å²) in [5.41, 5.74) is 1.06. The first-order chi connectivity index (χ1) is 10.3. The Kier molecular flexibility index (Phi) is 4.26. The van der Waals surface area contributed by atoms with Gasteiger partial charge in [-0.1, -0.05) is 6.07 Å². The highest BCUT2D eigenvalue weighted by Gasteiger charge is 2.23. The van der Waals surface area contributed by atoms with Crippen LogP contribution in [-0.2, 0) is 16.0 Å². The number of aliphatic hydroxyl groups is 1. The first kappa shape index (κ1) is 14.2. The number of carbonyl (C=O) groups excluding carboxylic acids is 1. The van der Waals surface area contributed by atoms with Gasteiger partial charge in [0.05, 0.1) is 19.3 Å². The van der Waals surface area contributed by atoms with Crippen LogP contribution in [0.2, 0.25) is 0 Å². The van der Waals surface area contributed by atoms with Gasteiger partial charge in [0.2, 0.25) is 12.7 Å². The third-order valence-corrected chi connectivity index (χ3v) is 3.76. The van der Waals surface area contributed by atoms with Gasteiger partial charge in [-0.05, 0) is 24.1 Å². The zero-order valence-electron chi connectivity index (χ0n) is 11.8. The number of hydrogen-bond donors (Lipinski definition) is 1. The van der Waals surface area contributed by atoms with Crippen molar-refractivity contribution >= 4 is 5.91 Å². The SMILES string of the molecule is O=C(CCc1ccc2c(c1)OCO2)N1CCOC(CO)C1. The molecule has 1 saturated heterocycles. The number of hydrogen-bond acceptors (Lipinski definition) is 5. The van der Waals surface area contributed by atoms with Crippen LogP contribution in [0.15, 0.2) is 18.2 Å². The molecule has 3 rings (SSSR count). The summed E-state index contributed by atoms with van der Waals surface area (Å²) in [6.07, 6.45) is 0.849. The molecule has 2 aliphatic heterocycles. The van der Waals surface area contributed by atoms with Crippen LogP contribution in [0.3, 0.4) is 0 Å². The second kappa shape index (κ2) is 6.32. The van der Waals surface area contributed by atoms with E-state index in [1.54, 1.807) is 4.90 Å². The van der Waals surface area contributed by atoms with Gasteiger partial charge in [0.15, 0.2) is 11.5 Å². The van der Waals surface area contributed by atoms with E-state index in [1.807, 2.05) is 18.2 Å². The molecule has 21 heavy (non-hydrogen) atoms. The Morgan fingerprint density at radius 1 is 1.33 bits per heavy atom. The molecule has 0 spiro atoms. The van der Waals surface area contributed by atoms with Gasteiger partial charge in [0.25, 0.3) is 0 Å². The normalized spacial score (nSPS) is 20.6. The highest BCUT2D eigenvalue weighted by atomic mass is 16.7. The van der Waals surface area contributed by atoms with Crippen molar-refractivity contribution in [1.82, 2.24) is 4.90 Å². The smallest absolute Gasteiger partial charge is 0.231 e. The summed E-state index contributed by atoms with van der Waals surface area (Å²) in [5.74, 6) is 1.59. The van der Waals surface area contributed by atoms with Crippen LogP contribution in [0.5, 0.6) is 11.5 Å². The lowest BCUT2D eigenvalue weighted by atomic mass is 10.1. The number of benzene rings is 1. The molecule has 1 unspecified atom stereocenters. The molecule has 6 heteroatoms.